The zero-order valence-corrected chi connectivity index (χ0v) is 15.0. The first kappa shape index (κ1) is 19.5. The molecule has 0 aliphatic carbocycles. The van der Waals surface area contributed by atoms with Gasteiger partial charge in [0.1, 0.15) is 0 Å². The van der Waals surface area contributed by atoms with Gasteiger partial charge in [-0.25, -0.2) is 0 Å². The highest BCUT2D eigenvalue weighted by Gasteiger charge is 2.06. The molecule has 0 radical (unpaired) electrons. The average molecular weight is 321 g/mol. The Morgan fingerprint density at radius 3 is 2.43 bits per heavy atom. The summed E-state index contributed by atoms with van der Waals surface area (Å²) in [5.74, 6) is 0.904. The normalized spacial score (nSPS) is 11.6. The van der Waals surface area contributed by atoms with Gasteiger partial charge in [-0.15, -0.1) is 0 Å². The lowest BCUT2D eigenvalue weighted by atomic mass is 10.1. The summed E-state index contributed by atoms with van der Waals surface area (Å²) >= 11 is 0. The van der Waals surface area contributed by atoms with Crippen LogP contribution in [0.2, 0.25) is 0 Å². The molecular weight excluding hydrogens is 290 g/mol. The van der Waals surface area contributed by atoms with Gasteiger partial charge >= 0.3 is 0 Å². The Balaban J connectivity index is 2.30. The number of hydrogen-bond donors (Lipinski definition) is 1. The van der Waals surface area contributed by atoms with Crippen LogP contribution in [0.25, 0.3) is 0 Å². The van der Waals surface area contributed by atoms with Crippen LogP contribution in [0.15, 0.2) is 29.3 Å². The molecule has 0 unspecified atom stereocenters. The first-order valence-corrected chi connectivity index (χ1v) is 8.27. The van der Waals surface area contributed by atoms with Crippen LogP contribution in [0.4, 0.5) is 0 Å². The fourth-order valence-electron chi connectivity index (χ4n) is 2.23. The summed E-state index contributed by atoms with van der Waals surface area (Å²) in [6, 6.07) is 8.76. The molecule has 0 saturated carbocycles. The molecule has 1 aromatic carbocycles. The fourth-order valence-corrected chi connectivity index (χ4v) is 2.23. The van der Waals surface area contributed by atoms with Crippen molar-refractivity contribution in [3.05, 3.63) is 35.4 Å². The van der Waals surface area contributed by atoms with E-state index in [1.165, 1.54) is 11.1 Å². The van der Waals surface area contributed by atoms with Crippen LogP contribution in [0.1, 0.15) is 24.5 Å². The van der Waals surface area contributed by atoms with Crippen LogP contribution in [0, 0.1) is 0 Å². The van der Waals surface area contributed by atoms with Crippen molar-refractivity contribution in [2.75, 3.05) is 47.6 Å². The van der Waals surface area contributed by atoms with Crippen molar-refractivity contribution in [1.82, 2.24) is 10.2 Å². The summed E-state index contributed by atoms with van der Waals surface area (Å²) in [6.07, 6.45) is 2.02. The summed E-state index contributed by atoms with van der Waals surface area (Å²) in [6.45, 7) is 5.89. The number of nitrogens with one attached hydrogen (secondary N) is 1. The average Bonchev–Trinajstić information content (AvgIpc) is 2.58. The third-order valence-corrected chi connectivity index (χ3v) is 3.60. The summed E-state index contributed by atoms with van der Waals surface area (Å²) in [7, 11) is 5.55. The van der Waals surface area contributed by atoms with Crippen molar-refractivity contribution in [1.29, 1.82) is 0 Å². The lowest BCUT2D eigenvalue weighted by Gasteiger charge is -2.22. The molecule has 1 rings (SSSR count). The van der Waals surface area contributed by atoms with Crippen LogP contribution in [-0.4, -0.2) is 58.4 Å². The Labute approximate surface area is 140 Å². The van der Waals surface area contributed by atoms with E-state index in [1.807, 2.05) is 7.05 Å². The van der Waals surface area contributed by atoms with Crippen molar-refractivity contribution in [2.24, 2.45) is 4.99 Å². The molecule has 0 atom stereocenters. The molecule has 0 amide bonds. The Morgan fingerprint density at radius 1 is 1.13 bits per heavy atom. The Bertz CT molecular complexity index is 446. The van der Waals surface area contributed by atoms with Crippen molar-refractivity contribution >= 4 is 5.96 Å². The van der Waals surface area contributed by atoms with E-state index in [4.69, 9.17) is 9.47 Å². The first-order chi connectivity index (χ1) is 11.2. The number of guanidine groups is 1. The van der Waals surface area contributed by atoms with E-state index in [-0.39, 0.29) is 0 Å². The van der Waals surface area contributed by atoms with E-state index in [9.17, 15) is 0 Å². The second-order valence-corrected chi connectivity index (χ2v) is 5.46. The Morgan fingerprint density at radius 2 is 1.83 bits per heavy atom. The minimum absolute atomic E-state index is 0.647. The molecule has 0 aliphatic heterocycles. The standard InChI is InChI=1S/C18H31N3O2/c1-5-16-7-9-17(10-8-16)15-21(3)18(19-2)20-11-6-12-23-14-13-22-4/h7-10H,5-6,11-15H2,1-4H3,(H,19,20). The van der Waals surface area contributed by atoms with Gasteiger partial charge in [-0.3, -0.25) is 4.99 Å². The molecule has 0 spiro atoms. The highest BCUT2D eigenvalue weighted by Crippen LogP contribution is 2.07. The van der Waals surface area contributed by atoms with Crippen LogP contribution < -0.4 is 5.32 Å². The molecule has 23 heavy (non-hydrogen) atoms. The number of nitrogens with zero attached hydrogens (tertiary/aromatic N) is 2. The van der Waals surface area contributed by atoms with Gasteiger partial charge in [0, 0.05) is 40.9 Å². The van der Waals surface area contributed by atoms with Crippen molar-refractivity contribution in [2.45, 2.75) is 26.3 Å². The molecule has 5 nitrogen and oxygen atoms in total. The van der Waals surface area contributed by atoms with E-state index in [0.29, 0.717) is 13.2 Å². The topological polar surface area (TPSA) is 46.1 Å². The zero-order valence-electron chi connectivity index (χ0n) is 15.0. The van der Waals surface area contributed by atoms with Gasteiger partial charge in [0.2, 0.25) is 0 Å². The maximum atomic E-state index is 5.45. The molecule has 0 aromatic heterocycles. The molecule has 0 saturated heterocycles. The lowest BCUT2D eigenvalue weighted by molar-refractivity contribution is 0.0698. The smallest absolute Gasteiger partial charge is 0.193 e. The maximum Gasteiger partial charge on any atom is 0.193 e. The van der Waals surface area contributed by atoms with Crippen LogP contribution in [0.5, 0.6) is 0 Å². The van der Waals surface area contributed by atoms with E-state index < -0.39 is 0 Å². The van der Waals surface area contributed by atoms with E-state index in [2.05, 4.69) is 53.4 Å². The molecule has 0 bridgehead atoms. The highest BCUT2D eigenvalue weighted by atomic mass is 16.5. The minimum atomic E-state index is 0.647. The largest absolute Gasteiger partial charge is 0.382 e. The molecule has 5 heteroatoms. The van der Waals surface area contributed by atoms with Crippen LogP contribution >= 0.6 is 0 Å². The summed E-state index contributed by atoms with van der Waals surface area (Å²) in [5.41, 5.74) is 2.66. The number of methoxy groups -OCH3 is 1. The quantitative estimate of drug-likeness (QED) is 0.408. The molecule has 0 fully saturated rings. The van der Waals surface area contributed by atoms with Crippen molar-refractivity contribution in [3.8, 4) is 0 Å². The third-order valence-electron chi connectivity index (χ3n) is 3.60. The Hall–Kier alpha value is -1.59. The van der Waals surface area contributed by atoms with Gasteiger partial charge in [0.05, 0.1) is 13.2 Å². The molecular formula is C18H31N3O2. The van der Waals surface area contributed by atoms with Crippen molar-refractivity contribution < 1.29 is 9.47 Å². The molecule has 130 valence electrons. The predicted molar refractivity (Wildman–Crippen MR) is 96.0 cm³/mol. The number of benzene rings is 1. The summed E-state index contributed by atoms with van der Waals surface area (Å²) < 4.78 is 10.4. The summed E-state index contributed by atoms with van der Waals surface area (Å²) in [5, 5.41) is 3.37. The monoisotopic (exact) mass is 321 g/mol. The number of aliphatic imine (C=N–C) groups is 1. The molecule has 0 aliphatic rings. The zero-order chi connectivity index (χ0) is 16.9. The van der Waals surface area contributed by atoms with Crippen molar-refractivity contribution in [3.63, 3.8) is 0 Å². The third kappa shape index (κ3) is 8.00. The number of aryl methyl sites for hydroxylation is 1. The van der Waals surface area contributed by atoms with E-state index in [0.717, 1.165) is 38.5 Å². The second kappa shape index (κ2) is 11.9. The van der Waals surface area contributed by atoms with Gasteiger partial charge in [0.25, 0.3) is 0 Å². The minimum Gasteiger partial charge on any atom is -0.382 e. The number of ether oxygens (including phenoxy) is 2. The maximum absolute atomic E-state index is 5.45. The molecule has 0 heterocycles. The Kier molecular flexibility index (Phi) is 10.1. The fraction of sp³-hybridized carbons (Fsp3) is 0.611. The van der Waals surface area contributed by atoms with Gasteiger partial charge in [-0.2, -0.15) is 0 Å². The van der Waals surface area contributed by atoms with E-state index >= 15 is 0 Å². The van der Waals surface area contributed by atoms with Crippen LogP contribution in [0.3, 0.4) is 0 Å². The second-order valence-electron chi connectivity index (χ2n) is 5.46. The number of rotatable bonds is 10. The van der Waals surface area contributed by atoms with Crippen LogP contribution in [-0.2, 0) is 22.4 Å². The molecule has 1 aromatic rings. The highest BCUT2D eigenvalue weighted by molar-refractivity contribution is 5.79. The molecule has 1 N–H and O–H groups in total. The summed E-state index contributed by atoms with van der Waals surface area (Å²) in [4.78, 5) is 6.47. The van der Waals surface area contributed by atoms with E-state index in [1.54, 1.807) is 7.11 Å². The predicted octanol–water partition coefficient (Wildman–Crippen LogP) is 2.31. The lowest BCUT2D eigenvalue weighted by Crippen LogP contribution is -2.39. The first-order valence-electron chi connectivity index (χ1n) is 8.27. The van der Waals surface area contributed by atoms with Gasteiger partial charge < -0.3 is 19.7 Å². The number of hydrogen-bond acceptors (Lipinski definition) is 3. The van der Waals surface area contributed by atoms with Gasteiger partial charge in [-0.05, 0) is 24.0 Å². The van der Waals surface area contributed by atoms with Gasteiger partial charge in [0.15, 0.2) is 5.96 Å². The SMILES string of the molecule is CCc1ccc(CN(C)C(=NC)NCCCOCCOC)cc1. The van der Waals surface area contributed by atoms with Gasteiger partial charge in [-0.1, -0.05) is 31.2 Å².